The van der Waals surface area contributed by atoms with Crippen LogP contribution < -0.4 is 10.1 Å². The zero-order valence-corrected chi connectivity index (χ0v) is 15.9. The van der Waals surface area contributed by atoms with Crippen LogP contribution in [0.25, 0.3) is 0 Å². The number of anilines is 1. The summed E-state index contributed by atoms with van der Waals surface area (Å²) in [6.07, 6.45) is 4.73. The van der Waals surface area contributed by atoms with Crippen LogP contribution in [0.1, 0.15) is 50.7 Å². The molecular formula is C21H28N2O4. The number of Topliss-reactive ketones (excluding diaryl/α,β-unsaturated/α-hetero) is 1. The quantitative estimate of drug-likeness (QED) is 0.802. The molecule has 0 aromatic heterocycles. The topological polar surface area (TPSA) is 78.9 Å². The van der Waals surface area contributed by atoms with E-state index in [1.807, 2.05) is 6.07 Å². The highest BCUT2D eigenvalue weighted by Gasteiger charge is 2.42. The molecule has 2 fully saturated rings. The number of likely N-dealkylation sites (tertiary alicyclic amines) is 1. The predicted molar refractivity (Wildman–Crippen MR) is 102 cm³/mol. The number of amides is 1. The van der Waals surface area contributed by atoms with Crippen LogP contribution in [0.5, 0.6) is 5.75 Å². The summed E-state index contributed by atoms with van der Waals surface area (Å²) in [7, 11) is 0. The summed E-state index contributed by atoms with van der Waals surface area (Å²) in [5.74, 6) is 1.54. The molecule has 3 aliphatic rings. The second-order valence-corrected chi connectivity index (χ2v) is 8.39. The van der Waals surface area contributed by atoms with Gasteiger partial charge >= 0.3 is 0 Å². The number of ether oxygens (including phenoxy) is 1. The third-order valence-corrected chi connectivity index (χ3v) is 6.39. The van der Waals surface area contributed by atoms with Crippen molar-refractivity contribution in [1.82, 2.24) is 4.90 Å². The first-order valence-corrected chi connectivity index (χ1v) is 9.93. The molecule has 146 valence electrons. The van der Waals surface area contributed by atoms with Crippen molar-refractivity contribution in [3.63, 3.8) is 0 Å². The standard InChI is InChI=1S/C21H28N2O4/c1-14(24)21(11-15-2-3-15)6-8-23(9-7-21)12-18(25)16-4-5-19-17(10-16)22-20(26)13-27-19/h4-5,10,15,18,25H,2-3,6-9,11-13H2,1H3,(H,22,26). The molecule has 6 heteroatoms. The van der Waals surface area contributed by atoms with Gasteiger partial charge in [-0.25, -0.2) is 0 Å². The molecule has 1 saturated carbocycles. The Morgan fingerprint density at radius 2 is 2.11 bits per heavy atom. The molecule has 2 aliphatic heterocycles. The summed E-state index contributed by atoms with van der Waals surface area (Å²) < 4.78 is 5.37. The first kappa shape index (κ1) is 18.4. The molecule has 0 spiro atoms. The number of carbonyl (C=O) groups excluding carboxylic acids is 2. The van der Waals surface area contributed by atoms with E-state index in [2.05, 4.69) is 10.2 Å². The molecular weight excluding hydrogens is 344 g/mol. The number of ketones is 1. The van der Waals surface area contributed by atoms with Crippen molar-refractivity contribution >= 4 is 17.4 Å². The van der Waals surface area contributed by atoms with Crippen LogP contribution in [0, 0.1) is 11.3 Å². The average molecular weight is 372 g/mol. The Morgan fingerprint density at radius 3 is 2.78 bits per heavy atom. The van der Waals surface area contributed by atoms with Gasteiger partial charge in [0.1, 0.15) is 11.5 Å². The Balaban J connectivity index is 1.36. The van der Waals surface area contributed by atoms with Gasteiger partial charge in [0.05, 0.1) is 11.8 Å². The molecule has 27 heavy (non-hydrogen) atoms. The summed E-state index contributed by atoms with van der Waals surface area (Å²) >= 11 is 0. The predicted octanol–water partition coefficient (Wildman–Crippen LogP) is 2.52. The molecule has 0 bridgehead atoms. The van der Waals surface area contributed by atoms with Gasteiger partial charge in [-0.1, -0.05) is 18.9 Å². The van der Waals surface area contributed by atoms with Gasteiger partial charge in [-0.3, -0.25) is 9.59 Å². The smallest absolute Gasteiger partial charge is 0.262 e. The molecule has 6 nitrogen and oxygen atoms in total. The van der Waals surface area contributed by atoms with E-state index in [1.165, 1.54) is 12.8 Å². The van der Waals surface area contributed by atoms with E-state index in [0.717, 1.165) is 43.8 Å². The molecule has 2 N–H and O–H groups in total. The fraction of sp³-hybridized carbons (Fsp3) is 0.619. The minimum absolute atomic E-state index is 0.0292. The Morgan fingerprint density at radius 1 is 1.37 bits per heavy atom. The van der Waals surface area contributed by atoms with Gasteiger partial charge in [0.15, 0.2) is 6.61 Å². The number of nitrogens with zero attached hydrogens (tertiary/aromatic N) is 1. The molecule has 0 radical (unpaired) electrons. The zero-order chi connectivity index (χ0) is 19.0. The van der Waals surface area contributed by atoms with Crippen molar-refractivity contribution in [3.05, 3.63) is 23.8 Å². The minimum atomic E-state index is -0.637. The Hall–Kier alpha value is -1.92. The molecule has 2 heterocycles. The Labute approximate surface area is 159 Å². The van der Waals surface area contributed by atoms with E-state index in [4.69, 9.17) is 4.74 Å². The number of β-amino-alcohol motifs (C(OH)–C–C–N with tert-alkyl or cyclic N) is 1. The van der Waals surface area contributed by atoms with Crippen molar-refractivity contribution in [3.8, 4) is 5.75 Å². The van der Waals surface area contributed by atoms with Gasteiger partial charge in [-0.2, -0.15) is 0 Å². The molecule has 1 aromatic carbocycles. The Bertz CT molecular complexity index is 736. The van der Waals surface area contributed by atoms with E-state index in [-0.39, 0.29) is 17.9 Å². The summed E-state index contributed by atoms with van der Waals surface area (Å²) in [5, 5.41) is 13.5. The second kappa shape index (κ2) is 7.24. The summed E-state index contributed by atoms with van der Waals surface area (Å²) in [5.41, 5.74) is 1.23. The van der Waals surface area contributed by atoms with Crippen LogP contribution in [-0.4, -0.2) is 47.9 Å². The molecule has 1 aliphatic carbocycles. The summed E-state index contributed by atoms with van der Waals surface area (Å²) in [4.78, 5) is 26.0. The highest BCUT2D eigenvalue weighted by Crippen LogP contribution is 2.46. The number of hydrogen-bond acceptors (Lipinski definition) is 5. The normalized spacial score (nSPS) is 23.1. The average Bonchev–Trinajstić information content (AvgIpc) is 3.46. The molecule has 1 saturated heterocycles. The largest absolute Gasteiger partial charge is 0.482 e. The van der Waals surface area contributed by atoms with Crippen LogP contribution in [0.15, 0.2) is 18.2 Å². The van der Waals surface area contributed by atoms with Gasteiger partial charge in [-0.05, 0) is 62.9 Å². The van der Waals surface area contributed by atoms with Crippen molar-refractivity contribution in [2.24, 2.45) is 11.3 Å². The molecule has 4 rings (SSSR count). The van der Waals surface area contributed by atoms with E-state index in [9.17, 15) is 14.7 Å². The maximum absolute atomic E-state index is 12.3. The van der Waals surface area contributed by atoms with Crippen LogP contribution in [0.2, 0.25) is 0 Å². The van der Waals surface area contributed by atoms with Crippen molar-refractivity contribution in [1.29, 1.82) is 0 Å². The van der Waals surface area contributed by atoms with E-state index >= 15 is 0 Å². The lowest BCUT2D eigenvalue weighted by atomic mass is 9.71. The molecule has 1 amide bonds. The van der Waals surface area contributed by atoms with E-state index < -0.39 is 6.10 Å². The fourth-order valence-electron chi connectivity index (χ4n) is 4.40. The third-order valence-electron chi connectivity index (χ3n) is 6.39. The van der Waals surface area contributed by atoms with E-state index in [0.29, 0.717) is 23.8 Å². The number of nitrogens with one attached hydrogen (secondary N) is 1. The summed E-state index contributed by atoms with van der Waals surface area (Å²) in [6.45, 7) is 3.99. The maximum Gasteiger partial charge on any atom is 0.262 e. The highest BCUT2D eigenvalue weighted by atomic mass is 16.5. The van der Waals surface area contributed by atoms with Crippen LogP contribution in [-0.2, 0) is 9.59 Å². The number of aliphatic hydroxyl groups excluding tert-OH is 1. The number of hydrogen-bond donors (Lipinski definition) is 2. The minimum Gasteiger partial charge on any atom is -0.482 e. The highest BCUT2D eigenvalue weighted by molar-refractivity contribution is 5.95. The van der Waals surface area contributed by atoms with Crippen LogP contribution >= 0.6 is 0 Å². The van der Waals surface area contributed by atoms with Gasteiger partial charge in [0.25, 0.3) is 5.91 Å². The zero-order valence-electron chi connectivity index (χ0n) is 15.9. The molecule has 1 unspecified atom stereocenters. The van der Waals surface area contributed by atoms with E-state index in [1.54, 1.807) is 19.1 Å². The number of fused-ring (bicyclic) bond motifs is 1. The van der Waals surface area contributed by atoms with Crippen LogP contribution in [0.3, 0.4) is 0 Å². The van der Waals surface area contributed by atoms with Gasteiger partial charge in [-0.15, -0.1) is 0 Å². The molecule has 1 aromatic rings. The van der Waals surface area contributed by atoms with Crippen molar-refractivity contribution < 1.29 is 19.4 Å². The lowest BCUT2D eigenvalue weighted by Gasteiger charge is -2.41. The summed E-state index contributed by atoms with van der Waals surface area (Å²) in [6, 6.07) is 5.42. The van der Waals surface area contributed by atoms with Crippen molar-refractivity contribution in [2.45, 2.75) is 45.1 Å². The number of rotatable bonds is 6. The lowest BCUT2D eigenvalue weighted by Crippen LogP contribution is -2.45. The lowest BCUT2D eigenvalue weighted by molar-refractivity contribution is -0.130. The monoisotopic (exact) mass is 372 g/mol. The first-order valence-electron chi connectivity index (χ1n) is 9.93. The van der Waals surface area contributed by atoms with Crippen molar-refractivity contribution in [2.75, 3.05) is 31.6 Å². The maximum atomic E-state index is 12.3. The van der Waals surface area contributed by atoms with Gasteiger partial charge < -0.3 is 20.1 Å². The number of aliphatic hydroxyl groups is 1. The van der Waals surface area contributed by atoms with Crippen LogP contribution in [0.4, 0.5) is 5.69 Å². The second-order valence-electron chi connectivity index (χ2n) is 8.39. The number of carbonyl (C=O) groups is 2. The molecule has 1 atom stereocenters. The SMILES string of the molecule is CC(=O)C1(CC2CC2)CCN(CC(O)c2ccc3c(c2)NC(=O)CO3)CC1. The number of piperidine rings is 1. The third kappa shape index (κ3) is 4.01. The van der Waals surface area contributed by atoms with Gasteiger partial charge in [0.2, 0.25) is 0 Å². The Kier molecular flexibility index (Phi) is 4.95. The fourth-order valence-corrected chi connectivity index (χ4v) is 4.40. The number of benzene rings is 1. The first-order chi connectivity index (χ1) is 12.9. The van der Waals surface area contributed by atoms with Gasteiger partial charge in [0, 0.05) is 12.0 Å².